The second-order valence-corrected chi connectivity index (χ2v) is 11.7. The number of nitrogens with zero attached hydrogens (tertiary/aromatic N) is 8. The van der Waals surface area contributed by atoms with E-state index in [1.54, 1.807) is 12.1 Å². The van der Waals surface area contributed by atoms with Crippen LogP contribution in [0.3, 0.4) is 0 Å². The third-order valence-electron chi connectivity index (χ3n) is 6.93. The number of aryl methyl sites for hydroxylation is 4. The summed E-state index contributed by atoms with van der Waals surface area (Å²) < 4.78 is 7.50. The molecule has 2 heterocycles. The van der Waals surface area contributed by atoms with Crippen molar-refractivity contribution >= 4 is 57.8 Å². The molecule has 16 heteroatoms. The largest absolute Gasteiger partial charge is 1.00 e. The summed E-state index contributed by atoms with van der Waals surface area (Å²) in [6, 6.07) is 11.0. The van der Waals surface area contributed by atoms with Crippen molar-refractivity contribution in [1.82, 2.24) is 9.13 Å². The van der Waals surface area contributed by atoms with Gasteiger partial charge in [-0.05, 0) is 41.8 Å². The number of benzene rings is 2. The molecular weight excluding hydrogens is 610 g/mol. The molecule has 0 aliphatic carbocycles. The van der Waals surface area contributed by atoms with Gasteiger partial charge in [0.05, 0.1) is 64.4 Å². The first-order chi connectivity index (χ1) is 21.3. The molecule has 0 atom stereocenters. The first-order valence-corrected chi connectivity index (χ1v) is 14.5. The number of anilines is 4. The highest BCUT2D eigenvalue weighted by molar-refractivity contribution is 5.90. The van der Waals surface area contributed by atoms with E-state index in [2.05, 4.69) is 55.6 Å². The van der Waals surface area contributed by atoms with Gasteiger partial charge in [0.15, 0.2) is 0 Å². The molecule has 0 aliphatic heterocycles. The zero-order valence-corrected chi connectivity index (χ0v) is 27.8. The van der Waals surface area contributed by atoms with Crippen LogP contribution in [0.15, 0.2) is 81.6 Å². The van der Waals surface area contributed by atoms with E-state index in [4.69, 9.17) is 0 Å². The second kappa shape index (κ2) is 16.1. The molecular formula is C31H42F2N12O2. The topological polar surface area (TPSA) is 149 Å². The summed E-state index contributed by atoms with van der Waals surface area (Å²) in [5.41, 5.74) is 3.78. The number of halogens is 2. The molecule has 4 rings (SSSR count). The highest BCUT2D eigenvalue weighted by Gasteiger charge is 2.21. The fourth-order valence-electron chi connectivity index (χ4n) is 4.46. The maximum absolute atomic E-state index is 11.7. The van der Waals surface area contributed by atoms with Crippen LogP contribution in [0.25, 0.3) is 0 Å². The molecule has 0 spiro atoms. The van der Waals surface area contributed by atoms with Crippen LogP contribution in [0.5, 0.6) is 0 Å². The van der Waals surface area contributed by atoms with E-state index in [1.807, 2.05) is 95.5 Å². The van der Waals surface area contributed by atoms with Crippen molar-refractivity contribution in [3.05, 3.63) is 61.2 Å². The van der Waals surface area contributed by atoms with Crippen molar-refractivity contribution in [2.75, 3.05) is 34.4 Å². The molecule has 4 N–H and O–H groups in total. The first kappa shape index (κ1) is 37.6. The third-order valence-corrected chi connectivity index (χ3v) is 6.93. The number of hydrogen-bond acceptors (Lipinski definition) is 8. The smallest absolute Gasteiger partial charge is 0.421 e. The number of rotatable bonds is 12. The number of azo groups is 2. The normalized spacial score (nSPS) is 11.2. The summed E-state index contributed by atoms with van der Waals surface area (Å²) in [6.07, 6.45) is 7.61. The minimum absolute atomic E-state index is 0. The molecule has 0 unspecified atom stereocenters. The van der Waals surface area contributed by atoms with Crippen LogP contribution in [0.4, 0.5) is 46.0 Å². The summed E-state index contributed by atoms with van der Waals surface area (Å²) in [5, 5.41) is 30.6. The van der Waals surface area contributed by atoms with Crippen LogP contribution >= 0.6 is 0 Å². The Bertz CT molecular complexity index is 1600. The average Bonchev–Trinajstić information content (AvgIpc) is 3.47. The maximum atomic E-state index is 11.7. The number of aromatic nitrogens is 4. The quantitative estimate of drug-likeness (QED) is 0.119. The van der Waals surface area contributed by atoms with E-state index in [-0.39, 0.29) is 26.6 Å². The molecule has 0 bridgehead atoms. The van der Waals surface area contributed by atoms with E-state index in [0.717, 1.165) is 11.4 Å². The van der Waals surface area contributed by atoms with Gasteiger partial charge in [-0.3, -0.25) is 9.59 Å². The van der Waals surface area contributed by atoms with E-state index < -0.39 is 0 Å². The number of hydrogen-bond donors (Lipinski definition) is 4. The number of carbonyl (C=O) groups is 2. The third kappa shape index (κ3) is 10.2. The monoisotopic (exact) mass is 652 g/mol. The average molecular weight is 653 g/mol. The Morgan fingerprint density at radius 2 is 1.09 bits per heavy atom. The van der Waals surface area contributed by atoms with Gasteiger partial charge in [0, 0.05) is 48.5 Å². The van der Waals surface area contributed by atoms with Gasteiger partial charge < -0.3 is 30.7 Å². The Morgan fingerprint density at radius 1 is 0.702 bits per heavy atom. The van der Waals surface area contributed by atoms with Gasteiger partial charge >= 0.3 is 11.9 Å². The highest BCUT2D eigenvalue weighted by Crippen LogP contribution is 2.33. The van der Waals surface area contributed by atoms with Crippen LogP contribution in [-0.4, -0.2) is 34.0 Å². The Morgan fingerprint density at radius 3 is 1.40 bits per heavy atom. The van der Waals surface area contributed by atoms with Crippen LogP contribution in [0, 0.1) is 5.41 Å². The Kier molecular flexibility index (Phi) is 12.9. The van der Waals surface area contributed by atoms with Crippen molar-refractivity contribution in [2.24, 2.45) is 54.1 Å². The van der Waals surface area contributed by atoms with Gasteiger partial charge in [-0.15, -0.1) is 0 Å². The molecule has 0 saturated heterocycles. The van der Waals surface area contributed by atoms with Gasteiger partial charge in [-0.1, -0.05) is 24.1 Å². The predicted octanol–water partition coefficient (Wildman–Crippen LogP) is -0.682. The van der Waals surface area contributed by atoms with E-state index in [1.165, 1.54) is 13.8 Å². The van der Waals surface area contributed by atoms with Gasteiger partial charge in [-0.25, -0.2) is 18.3 Å². The summed E-state index contributed by atoms with van der Waals surface area (Å²) in [7, 11) is 7.61. The zero-order valence-electron chi connectivity index (χ0n) is 27.8. The molecule has 0 fully saturated rings. The predicted molar refractivity (Wildman–Crippen MR) is 174 cm³/mol. The van der Waals surface area contributed by atoms with Crippen LogP contribution in [-0.2, 0) is 37.8 Å². The maximum Gasteiger partial charge on any atom is 0.421 e. The Balaban J connectivity index is 0.00000384. The Hall–Kier alpha value is -5.54. The molecule has 47 heavy (non-hydrogen) atoms. The lowest BCUT2D eigenvalue weighted by Crippen LogP contribution is -3.00. The van der Waals surface area contributed by atoms with Crippen LogP contribution in [0.1, 0.15) is 27.7 Å². The lowest BCUT2D eigenvalue weighted by molar-refractivity contribution is -0.657. The summed E-state index contributed by atoms with van der Waals surface area (Å²) in [4.78, 5) is 23.4. The molecule has 0 aliphatic rings. The van der Waals surface area contributed by atoms with Gasteiger partial charge in [0.1, 0.15) is 11.4 Å². The van der Waals surface area contributed by atoms with Crippen molar-refractivity contribution in [1.29, 1.82) is 0 Å². The van der Waals surface area contributed by atoms with E-state index >= 15 is 0 Å². The van der Waals surface area contributed by atoms with Crippen molar-refractivity contribution in [3.63, 3.8) is 0 Å². The summed E-state index contributed by atoms with van der Waals surface area (Å²) in [5.74, 6) is 1.02. The number of carbonyl (C=O) groups excluding carboxylic acids is 2. The van der Waals surface area contributed by atoms with Crippen LogP contribution < -0.4 is 39.8 Å². The molecule has 2 aromatic heterocycles. The fourth-order valence-corrected chi connectivity index (χ4v) is 4.46. The molecule has 2 amide bonds. The SMILES string of the molecule is CC(=O)Nc1ccc(NCC(C)(C)CNc2ccc(NC(C)=O)cc2N=Nc2n(C)cc[n+]2C)c(N=Nc2n(C)cc[n+]2C)c1.[F-].[F-]. The molecule has 2 aromatic carbocycles. The van der Waals surface area contributed by atoms with Crippen molar-refractivity contribution in [3.8, 4) is 0 Å². The molecule has 4 aromatic rings. The number of nitrogens with one attached hydrogen (secondary N) is 4. The van der Waals surface area contributed by atoms with Gasteiger partial charge in [0.25, 0.3) is 0 Å². The minimum atomic E-state index is -0.232. The fraction of sp³-hybridized carbons (Fsp3) is 0.355. The van der Waals surface area contributed by atoms with Crippen molar-refractivity contribution < 1.29 is 28.1 Å². The Labute approximate surface area is 272 Å². The zero-order chi connectivity index (χ0) is 32.7. The lowest BCUT2D eigenvalue weighted by atomic mass is 9.93. The summed E-state index contributed by atoms with van der Waals surface area (Å²) in [6.45, 7) is 8.41. The second-order valence-electron chi connectivity index (χ2n) is 11.7. The van der Waals surface area contributed by atoms with Gasteiger partial charge in [0.2, 0.25) is 11.8 Å². The first-order valence-electron chi connectivity index (χ1n) is 14.5. The van der Waals surface area contributed by atoms with Crippen molar-refractivity contribution in [2.45, 2.75) is 27.7 Å². The minimum Gasteiger partial charge on any atom is -1.00 e. The molecule has 252 valence electrons. The standard InChI is InChI=1S/C31H40N12O2.2FH/c1-21(44)34-23-9-11-25(27(17-23)36-38-29-40(5)13-14-41(29)6)32-19-31(3,4)20-33-26-12-10-24(35-22(2)45)18-28(26)37-39-30-42(7)15-16-43(30)8;;/h9-18H,19-20H2,1-8H3,(H2,34,35,36,37,44,45);2*1H. The molecule has 14 nitrogen and oxygen atoms in total. The molecule has 0 saturated carbocycles. The number of imidazole rings is 2. The van der Waals surface area contributed by atoms with E-state index in [0.29, 0.717) is 47.7 Å². The molecule has 0 radical (unpaired) electrons. The van der Waals surface area contributed by atoms with E-state index in [9.17, 15) is 9.59 Å². The highest BCUT2D eigenvalue weighted by atomic mass is 19.0. The lowest BCUT2D eigenvalue weighted by Gasteiger charge is -2.27. The number of amides is 2. The van der Waals surface area contributed by atoms with Gasteiger partial charge in [-0.2, -0.15) is 0 Å². The van der Waals surface area contributed by atoms with Crippen LogP contribution in [0.2, 0.25) is 0 Å². The summed E-state index contributed by atoms with van der Waals surface area (Å²) >= 11 is 0.